The summed E-state index contributed by atoms with van der Waals surface area (Å²) in [7, 11) is 0. The minimum Gasteiger partial charge on any atom is -0.477 e. The van der Waals surface area contributed by atoms with Gasteiger partial charge in [-0.05, 0) is 32.1 Å². The zero-order chi connectivity index (χ0) is 17.1. The quantitative estimate of drug-likeness (QED) is 0.789. The van der Waals surface area contributed by atoms with Gasteiger partial charge in [-0.25, -0.2) is 9.97 Å². The smallest absolute Gasteiger partial charge is 0.232 e. The number of aromatic nitrogens is 3. The van der Waals surface area contributed by atoms with Crippen molar-refractivity contribution in [1.82, 2.24) is 19.9 Å². The van der Waals surface area contributed by atoms with E-state index in [1.54, 1.807) is 29.9 Å². The predicted octanol–water partition coefficient (Wildman–Crippen LogP) is 2.69. The molecule has 134 valence electrons. The zero-order valence-corrected chi connectivity index (χ0v) is 15.4. The predicted molar refractivity (Wildman–Crippen MR) is 95.7 cm³/mol. The average Bonchev–Trinajstić information content (AvgIpc) is 3.00. The van der Waals surface area contributed by atoms with Crippen LogP contribution in [0.2, 0.25) is 0 Å². The van der Waals surface area contributed by atoms with Crippen LogP contribution in [-0.4, -0.2) is 51.8 Å². The van der Waals surface area contributed by atoms with Crippen LogP contribution in [0.5, 0.6) is 5.88 Å². The van der Waals surface area contributed by atoms with Crippen molar-refractivity contribution in [3.8, 4) is 5.88 Å². The SMILES string of the molecule is Cc1ncsc1CN1CC2(CC(CCOc3cnccn3)CCO2)C1. The van der Waals surface area contributed by atoms with Crippen LogP contribution in [0.3, 0.4) is 0 Å². The van der Waals surface area contributed by atoms with E-state index in [-0.39, 0.29) is 5.60 Å². The van der Waals surface area contributed by atoms with E-state index in [9.17, 15) is 0 Å². The molecule has 0 radical (unpaired) electrons. The van der Waals surface area contributed by atoms with Gasteiger partial charge in [0.25, 0.3) is 0 Å². The average molecular weight is 360 g/mol. The van der Waals surface area contributed by atoms with E-state index in [0.29, 0.717) is 18.4 Å². The van der Waals surface area contributed by atoms with E-state index < -0.39 is 0 Å². The lowest BCUT2D eigenvalue weighted by Crippen LogP contribution is -2.64. The molecule has 2 saturated heterocycles. The second-order valence-corrected chi connectivity index (χ2v) is 8.02. The zero-order valence-electron chi connectivity index (χ0n) is 14.6. The summed E-state index contributed by atoms with van der Waals surface area (Å²) < 4.78 is 11.9. The third kappa shape index (κ3) is 3.99. The molecule has 2 aliphatic heterocycles. The summed E-state index contributed by atoms with van der Waals surface area (Å²) in [5.41, 5.74) is 3.16. The highest BCUT2D eigenvalue weighted by molar-refractivity contribution is 7.09. The molecule has 0 aliphatic carbocycles. The van der Waals surface area contributed by atoms with Gasteiger partial charge in [0.05, 0.1) is 29.6 Å². The molecule has 0 bridgehead atoms. The summed E-state index contributed by atoms with van der Waals surface area (Å²) in [6.07, 6.45) is 8.29. The van der Waals surface area contributed by atoms with Gasteiger partial charge in [0.15, 0.2) is 0 Å². The van der Waals surface area contributed by atoms with Gasteiger partial charge in [-0.1, -0.05) is 0 Å². The lowest BCUT2D eigenvalue weighted by molar-refractivity contribution is -0.181. The Labute approximate surface area is 152 Å². The van der Waals surface area contributed by atoms with Gasteiger partial charge in [-0.2, -0.15) is 0 Å². The number of hydrogen-bond donors (Lipinski definition) is 0. The first-order chi connectivity index (χ1) is 12.2. The standard InChI is InChI=1S/C18H24N4O2S/c1-14-16(25-13-21-14)10-22-11-18(12-22)8-15(3-7-24-18)2-6-23-17-9-19-4-5-20-17/h4-5,9,13,15H,2-3,6-8,10-12H2,1H3. The van der Waals surface area contributed by atoms with Crippen LogP contribution in [0.25, 0.3) is 0 Å². The van der Waals surface area contributed by atoms with Crippen molar-refractivity contribution in [3.05, 3.63) is 34.7 Å². The van der Waals surface area contributed by atoms with Crippen molar-refractivity contribution < 1.29 is 9.47 Å². The highest BCUT2D eigenvalue weighted by Gasteiger charge is 2.47. The van der Waals surface area contributed by atoms with E-state index in [1.807, 2.05) is 5.51 Å². The first kappa shape index (κ1) is 16.9. The van der Waals surface area contributed by atoms with Gasteiger partial charge in [-0.3, -0.25) is 9.88 Å². The molecule has 0 N–H and O–H groups in total. The van der Waals surface area contributed by atoms with Gasteiger partial charge in [-0.15, -0.1) is 11.3 Å². The molecule has 1 unspecified atom stereocenters. The molecule has 25 heavy (non-hydrogen) atoms. The second-order valence-electron chi connectivity index (χ2n) is 7.08. The molecule has 0 amide bonds. The Bertz CT molecular complexity index is 687. The van der Waals surface area contributed by atoms with Crippen molar-refractivity contribution in [2.45, 2.75) is 38.3 Å². The third-order valence-electron chi connectivity index (χ3n) is 5.15. The van der Waals surface area contributed by atoms with Crippen molar-refractivity contribution >= 4 is 11.3 Å². The molecule has 2 aromatic heterocycles. The summed E-state index contributed by atoms with van der Waals surface area (Å²) in [6, 6.07) is 0. The molecule has 4 heterocycles. The lowest BCUT2D eigenvalue weighted by atomic mass is 9.79. The van der Waals surface area contributed by atoms with Crippen molar-refractivity contribution in [1.29, 1.82) is 0 Å². The number of aryl methyl sites for hydroxylation is 1. The van der Waals surface area contributed by atoms with Crippen LogP contribution >= 0.6 is 11.3 Å². The Morgan fingerprint density at radius 3 is 3.04 bits per heavy atom. The van der Waals surface area contributed by atoms with Crippen LogP contribution < -0.4 is 4.74 Å². The van der Waals surface area contributed by atoms with E-state index in [4.69, 9.17) is 9.47 Å². The number of hydrogen-bond acceptors (Lipinski definition) is 7. The maximum atomic E-state index is 6.16. The number of nitrogens with zero attached hydrogens (tertiary/aromatic N) is 4. The Kier molecular flexibility index (Phi) is 4.96. The van der Waals surface area contributed by atoms with Crippen LogP contribution in [0.1, 0.15) is 29.8 Å². The molecular formula is C18H24N4O2S. The largest absolute Gasteiger partial charge is 0.477 e. The molecular weight excluding hydrogens is 336 g/mol. The van der Waals surface area contributed by atoms with Crippen LogP contribution in [0.4, 0.5) is 0 Å². The monoisotopic (exact) mass is 360 g/mol. The molecule has 2 aliphatic rings. The van der Waals surface area contributed by atoms with E-state index in [0.717, 1.165) is 51.2 Å². The molecule has 0 aromatic carbocycles. The van der Waals surface area contributed by atoms with Crippen LogP contribution in [0.15, 0.2) is 24.1 Å². The van der Waals surface area contributed by atoms with E-state index >= 15 is 0 Å². The van der Waals surface area contributed by atoms with Crippen molar-refractivity contribution in [2.24, 2.45) is 5.92 Å². The van der Waals surface area contributed by atoms with Crippen molar-refractivity contribution in [2.75, 3.05) is 26.3 Å². The molecule has 0 saturated carbocycles. The molecule has 1 atom stereocenters. The topological polar surface area (TPSA) is 60.4 Å². The number of ether oxygens (including phenoxy) is 2. The lowest BCUT2D eigenvalue weighted by Gasteiger charge is -2.53. The number of thiazole rings is 1. The molecule has 1 spiro atoms. The van der Waals surface area contributed by atoms with Gasteiger partial charge in [0, 0.05) is 43.5 Å². The summed E-state index contributed by atoms with van der Waals surface area (Å²) in [4.78, 5) is 16.4. The highest BCUT2D eigenvalue weighted by Crippen LogP contribution is 2.39. The van der Waals surface area contributed by atoms with Gasteiger partial charge >= 0.3 is 0 Å². The molecule has 7 heteroatoms. The second kappa shape index (κ2) is 7.35. The fraction of sp³-hybridized carbons (Fsp3) is 0.611. The molecule has 2 fully saturated rings. The van der Waals surface area contributed by atoms with Gasteiger partial charge in [0.1, 0.15) is 0 Å². The summed E-state index contributed by atoms with van der Waals surface area (Å²) in [6.45, 7) is 6.72. The summed E-state index contributed by atoms with van der Waals surface area (Å²) >= 11 is 1.75. The fourth-order valence-electron chi connectivity index (χ4n) is 3.85. The van der Waals surface area contributed by atoms with Gasteiger partial charge in [0.2, 0.25) is 5.88 Å². The highest BCUT2D eigenvalue weighted by atomic mass is 32.1. The fourth-order valence-corrected chi connectivity index (χ4v) is 4.67. The maximum absolute atomic E-state index is 6.16. The Morgan fingerprint density at radius 1 is 1.36 bits per heavy atom. The first-order valence-corrected chi connectivity index (χ1v) is 9.74. The molecule has 6 nitrogen and oxygen atoms in total. The Balaban J connectivity index is 1.23. The van der Waals surface area contributed by atoms with Crippen LogP contribution in [0, 0.1) is 12.8 Å². The molecule has 2 aromatic rings. The van der Waals surface area contributed by atoms with Crippen LogP contribution in [-0.2, 0) is 11.3 Å². The normalized spacial score (nSPS) is 22.7. The summed E-state index contributed by atoms with van der Waals surface area (Å²) in [5, 5.41) is 0. The third-order valence-corrected chi connectivity index (χ3v) is 6.07. The Morgan fingerprint density at radius 2 is 2.28 bits per heavy atom. The molecule has 4 rings (SSSR count). The minimum absolute atomic E-state index is 0.0636. The number of likely N-dealkylation sites (tertiary alicyclic amines) is 1. The maximum Gasteiger partial charge on any atom is 0.232 e. The van der Waals surface area contributed by atoms with Gasteiger partial charge < -0.3 is 9.47 Å². The number of rotatable bonds is 6. The summed E-state index contributed by atoms with van der Waals surface area (Å²) in [5.74, 6) is 1.27. The minimum atomic E-state index is 0.0636. The van der Waals surface area contributed by atoms with E-state index in [2.05, 4.69) is 26.8 Å². The Hall–Kier alpha value is -1.57. The van der Waals surface area contributed by atoms with Crippen molar-refractivity contribution in [3.63, 3.8) is 0 Å². The van der Waals surface area contributed by atoms with E-state index in [1.165, 1.54) is 4.88 Å². The first-order valence-electron chi connectivity index (χ1n) is 8.87.